The summed E-state index contributed by atoms with van der Waals surface area (Å²) in [5.74, 6) is -1.76. The van der Waals surface area contributed by atoms with Crippen LogP contribution in [0.5, 0.6) is 0 Å². The Morgan fingerprint density at radius 3 is 2.24 bits per heavy atom. The van der Waals surface area contributed by atoms with Crippen molar-refractivity contribution in [2.45, 2.75) is 51.1 Å². The summed E-state index contributed by atoms with van der Waals surface area (Å²) in [6.07, 6.45) is 0.0577. The Labute approximate surface area is 199 Å². The molecule has 3 rings (SSSR count). The molecule has 2 N–H and O–H groups in total. The van der Waals surface area contributed by atoms with Crippen molar-refractivity contribution in [1.29, 1.82) is 5.26 Å². The van der Waals surface area contributed by atoms with Gasteiger partial charge in [0.25, 0.3) is 0 Å². The van der Waals surface area contributed by atoms with Gasteiger partial charge in [-0.25, -0.2) is 9.59 Å². The second-order valence-electron chi connectivity index (χ2n) is 8.21. The number of carbonyl (C=O) groups excluding carboxylic acids is 2. The molecule has 0 radical (unpaired) electrons. The number of aliphatic carboxylic acids is 1. The van der Waals surface area contributed by atoms with Gasteiger partial charge in [0, 0.05) is 18.9 Å². The Morgan fingerprint density at radius 2 is 1.71 bits per heavy atom. The van der Waals surface area contributed by atoms with Crippen molar-refractivity contribution < 1.29 is 24.2 Å². The number of amides is 2. The number of hydrogen-bond acceptors (Lipinski definition) is 5. The lowest BCUT2D eigenvalue weighted by molar-refractivity contribution is -0.150. The maximum Gasteiger partial charge on any atom is 0.407 e. The molecule has 1 aliphatic rings. The van der Waals surface area contributed by atoms with Crippen molar-refractivity contribution in [3.05, 3.63) is 59.7 Å². The molecule has 0 spiro atoms. The van der Waals surface area contributed by atoms with Crippen LogP contribution in [0.2, 0.25) is 0 Å². The first kappa shape index (κ1) is 24.8. The van der Waals surface area contributed by atoms with Crippen molar-refractivity contribution in [2.75, 3.05) is 13.2 Å². The molecule has 178 valence electrons. The second kappa shape index (κ2) is 11.3. The Morgan fingerprint density at radius 1 is 1.12 bits per heavy atom. The molecule has 0 heterocycles. The van der Waals surface area contributed by atoms with Gasteiger partial charge in [-0.1, -0.05) is 48.5 Å². The number of carboxylic acid groups (broad SMARTS) is 1. The number of carboxylic acids is 1. The van der Waals surface area contributed by atoms with Gasteiger partial charge in [0.2, 0.25) is 5.91 Å². The monoisotopic (exact) mass is 463 g/mol. The summed E-state index contributed by atoms with van der Waals surface area (Å²) >= 11 is 0. The van der Waals surface area contributed by atoms with Crippen LogP contribution < -0.4 is 5.32 Å². The summed E-state index contributed by atoms with van der Waals surface area (Å²) in [7, 11) is 0. The molecular formula is C26H29N3O5. The van der Waals surface area contributed by atoms with E-state index in [4.69, 9.17) is 10.00 Å². The van der Waals surface area contributed by atoms with Crippen LogP contribution in [0.3, 0.4) is 0 Å². The van der Waals surface area contributed by atoms with Gasteiger partial charge in [-0.05, 0) is 48.9 Å². The maximum absolute atomic E-state index is 13.0. The first-order chi connectivity index (χ1) is 16.4. The SMILES string of the molecule is CCN(C(=O)C(CCCC#N)NC(=O)OCC1c2ccccc2-c2ccccc21)C(C)C(=O)O. The first-order valence-corrected chi connectivity index (χ1v) is 11.4. The molecule has 2 aromatic rings. The van der Waals surface area contributed by atoms with E-state index in [0.29, 0.717) is 6.42 Å². The van der Waals surface area contributed by atoms with Crippen molar-refractivity contribution in [3.63, 3.8) is 0 Å². The molecule has 2 atom stereocenters. The number of ether oxygens (including phenoxy) is 1. The number of hydrogen-bond donors (Lipinski definition) is 2. The third-order valence-electron chi connectivity index (χ3n) is 6.16. The summed E-state index contributed by atoms with van der Waals surface area (Å²) in [6.45, 7) is 3.37. The van der Waals surface area contributed by atoms with Crippen LogP contribution in [0.4, 0.5) is 4.79 Å². The molecule has 1 aliphatic carbocycles. The van der Waals surface area contributed by atoms with E-state index >= 15 is 0 Å². The van der Waals surface area contributed by atoms with E-state index in [1.165, 1.54) is 11.8 Å². The van der Waals surface area contributed by atoms with Gasteiger partial charge in [-0.3, -0.25) is 4.79 Å². The number of alkyl carbamates (subject to hydrolysis) is 1. The van der Waals surface area contributed by atoms with Gasteiger partial charge in [0.05, 0.1) is 6.07 Å². The minimum atomic E-state index is -1.13. The highest BCUT2D eigenvalue weighted by atomic mass is 16.5. The van der Waals surface area contributed by atoms with Crippen molar-refractivity contribution >= 4 is 18.0 Å². The number of fused-ring (bicyclic) bond motifs is 3. The third kappa shape index (κ3) is 5.37. The number of rotatable bonds is 10. The van der Waals surface area contributed by atoms with E-state index in [1.807, 2.05) is 54.6 Å². The molecule has 0 fully saturated rings. The lowest BCUT2D eigenvalue weighted by Gasteiger charge is -2.29. The predicted molar refractivity (Wildman–Crippen MR) is 126 cm³/mol. The number of nitrogens with one attached hydrogen (secondary N) is 1. The molecule has 0 bridgehead atoms. The van der Waals surface area contributed by atoms with Crippen molar-refractivity contribution in [1.82, 2.24) is 10.2 Å². The fourth-order valence-electron chi connectivity index (χ4n) is 4.38. The van der Waals surface area contributed by atoms with E-state index in [2.05, 4.69) is 5.32 Å². The van der Waals surface area contributed by atoms with Crippen LogP contribution in [-0.2, 0) is 14.3 Å². The minimum Gasteiger partial charge on any atom is -0.480 e. The van der Waals surface area contributed by atoms with Gasteiger partial charge in [-0.2, -0.15) is 5.26 Å². The Balaban J connectivity index is 1.71. The zero-order valence-electron chi connectivity index (χ0n) is 19.4. The molecular weight excluding hydrogens is 434 g/mol. The molecule has 0 saturated heterocycles. The second-order valence-corrected chi connectivity index (χ2v) is 8.21. The zero-order chi connectivity index (χ0) is 24.7. The van der Waals surface area contributed by atoms with E-state index in [-0.39, 0.29) is 31.9 Å². The van der Waals surface area contributed by atoms with E-state index in [0.717, 1.165) is 22.3 Å². The highest BCUT2D eigenvalue weighted by molar-refractivity contribution is 5.89. The number of nitriles is 1. The summed E-state index contributed by atoms with van der Waals surface area (Å²) in [5, 5.41) is 20.8. The van der Waals surface area contributed by atoms with Crippen molar-refractivity contribution in [3.8, 4) is 17.2 Å². The number of likely N-dealkylation sites (N-methyl/N-ethyl adjacent to an activating group) is 1. The van der Waals surface area contributed by atoms with E-state index < -0.39 is 30.1 Å². The molecule has 0 aromatic heterocycles. The van der Waals surface area contributed by atoms with Gasteiger partial charge in [0.15, 0.2) is 0 Å². The Hall–Kier alpha value is -3.86. The summed E-state index contributed by atoms with van der Waals surface area (Å²) < 4.78 is 5.55. The fraction of sp³-hybridized carbons (Fsp3) is 0.385. The van der Waals surface area contributed by atoms with E-state index in [1.54, 1.807) is 6.92 Å². The molecule has 34 heavy (non-hydrogen) atoms. The number of carbonyl (C=O) groups is 3. The van der Waals surface area contributed by atoms with E-state index in [9.17, 15) is 19.5 Å². The average Bonchev–Trinajstić information content (AvgIpc) is 3.16. The number of nitrogens with zero attached hydrogens (tertiary/aromatic N) is 2. The molecule has 2 aromatic carbocycles. The highest BCUT2D eigenvalue weighted by Gasteiger charge is 2.32. The predicted octanol–water partition coefficient (Wildman–Crippen LogP) is 3.91. The molecule has 8 nitrogen and oxygen atoms in total. The minimum absolute atomic E-state index is 0.0992. The normalized spacial score (nSPS) is 13.7. The maximum atomic E-state index is 13.0. The van der Waals surface area contributed by atoms with Crippen LogP contribution >= 0.6 is 0 Å². The largest absolute Gasteiger partial charge is 0.480 e. The number of benzene rings is 2. The quantitative estimate of drug-likeness (QED) is 0.516. The van der Waals surface area contributed by atoms with Gasteiger partial charge in [-0.15, -0.1) is 0 Å². The fourth-order valence-corrected chi connectivity index (χ4v) is 4.38. The van der Waals surface area contributed by atoms with Crippen LogP contribution in [0.25, 0.3) is 11.1 Å². The van der Waals surface area contributed by atoms with Crippen LogP contribution in [0.15, 0.2) is 48.5 Å². The topological polar surface area (TPSA) is 120 Å². The molecule has 0 saturated carbocycles. The molecule has 0 aliphatic heterocycles. The molecule has 2 amide bonds. The van der Waals surface area contributed by atoms with Crippen LogP contribution in [0.1, 0.15) is 50.2 Å². The Kier molecular flexibility index (Phi) is 8.25. The van der Waals surface area contributed by atoms with Crippen LogP contribution in [0, 0.1) is 11.3 Å². The third-order valence-corrected chi connectivity index (χ3v) is 6.16. The molecule has 2 unspecified atom stereocenters. The first-order valence-electron chi connectivity index (χ1n) is 11.4. The lowest BCUT2D eigenvalue weighted by Crippen LogP contribution is -2.53. The van der Waals surface area contributed by atoms with Gasteiger partial charge < -0.3 is 20.1 Å². The summed E-state index contributed by atoms with van der Waals surface area (Å²) in [6, 6.07) is 16.0. The van der Waals surface area contributed by atoms with Gasteiger partial charge in [0.1, 0.15) is 18.7 Å². The summed E-state index contributed by atoms with van der Waals surface area (Å²) in [4.78, 5) is 38.4. The molecule has 8 heteroatoms. The standard InChI is InChI=1S/C26H29N3O5/c1-3-29(17(2)25(31)32)24(30)23(14-8-9-15-27)28-26(33)34-16-22-20-12-6-4-10-18(20)19-11-5-7-13-21(19)22/h4-7,10-13,17,22-23H,3,8-9,14,16H2,1-2H3,(H,28,33)(H,31,32). The smallest absolute Gasteiger partial charge is 0.407 e. The Bertz CT molecular complexity index is 1050. The van der Waals surface area contributed by atoms with Crippen LogP contribution in [-0.4, -0.2) is 53.2 Å². The summed E-state index contributed by atoms with van der Waals surface area (Å²) in [5.41, 5.74) is 4.37. The van der Waals surface area contributed by atoms with Gasteiger partial charge >= 0.3 is 12.1 Å². The highest BCUT2D eigenvalue weighted by Crippen LogP contribution is 2.44. The lowest BCUT2D eigenvalue weighted by atomic mass is 9.98. The zero-order valence-corrected chi connectivity index (χ0v) is 19.4. The number of unbranched alkanes of at least 4 members (excludes halogenated alkanes) is 1. The average molecular weight is 464 g/mol. The van der Waals surface area contributed by atoms with Crippen molar-refractivity contribution in [2.24, 2.45) is 0 Å².